The predicted octanol–water partition coefficient (Wildman–Crippen LogP) is 0.765. The molecule has 0 aliphatic heterocycles. The molecule has 0 aliphatic rings. The Bertz CT molecular complexity index is 527. The van der Waals surface area contributed by atoms with Gasteiger partial charge in [-0.05, 0) is 12.5 Å². The van der Waals surface area contributed by atoms with Crippen LogP contribution in [0.5, 0.6) is 5.75 Å². The first kappa shape index (κ1) is 15.5. The van der Waals surface area contributed by atoms with Gasteiger partial charge in [0.25, 0.3) is 0 Å². The van der Waals surface area contributed by atoms with E-state index in [4.69, 9.17) is 0 Å². The average molecular weight is 287 g/mol. The Balaban J connectivity index is 2.43. The molecule has 0 saturated carbocycles. The third-order valence-corrected chi connectivity index (χ3v) is 3.91. The number of para-hydroxylation sites is 1. The van der Waals surface area contributed by atoms with E-state index in [0.717, 1.165) is 0 Å². The topological polar surface area (TPSA) is 92.7 Å². The summed E-state index contributed by atoms with van der Waals surface area (Å²) < 4.78 is 30.1. The number of methoxy groups -OCH3 is 1. The van der Waals surface area contributed by atoms with E-state index in [1.54, 1.807) is 18.2 Å². The number of rotatable bonds is 7. The zero-order valence-electron chi connectivity index (χ0n) is 10.6. The molecule has 1 rings (SSSR count). The van der Waals surface area contributed by atoms with E-state index in [1.165, 1.54) is 13.2 Å². The van der Waals surface area contributed by atoms with Crippen molar-refractivity contribution in [1.29, 1.82) is 0 Å². The summed E-state index contributed by atoms with van der Waals surface area (Å²) in [5.41, 5.74) is 0.499. The fourth-order valence-corrected chi connectivity index (χ4v) is 2.47. The molecule has 0 bridgehead atoms. The molecule has 0 unspecified atom stereocenters. The van der Waals surface area contributed by atoms with Gasteiger partial charge in [0, 0.05) is 18.5 Å². The maximum absolute atomic E-state index is 11.6. The number of nitrogens with one attached hydrogen (secondary N) is 1. The zero-order valence-corrected chi connectivity index (χ0v) is 11.4. The lowest BCUT2D eigenvalue weighted by Crippen LogP contribution is -2.26. The standard InChI is InChI=1S/C12H17NO5S/c1-18-12(15)7-4-8-19(16,17)13-9-10-5-2-3-6-11(10)14/h2-3,5-6,13-14H,4,7-9H2,1H3. The van der Waals surface area contributed by atoms with Crippen LogP contribution < -0.4 is 4.72 Å². The van der Waals surface area contributed by atoms with Gasteiger partial charge >= 0.3 is 5.97 Å². The molecule has 0 aliphatic carbocycles. The molecule has 0 amide bonds. The van der Waals surface area contributed by atoms with Crippen LogP contribution in [0.15, 0.2) is 24.3 Å². The van der Waals surface area contributed by atoms with Crippen molar-refractivity contribution in [3.05, 3.63) is 29.8 Å². The highest BCUT2D eigenvalue weighted by molar-refractivity contribution is 7.89. The van der Waals surface area contributed by atoms with Gasteiger partial charge in [-0.1, -0.05) is 18.2 Å². The van der Waals surface area contributed by atoms with Gasteiger partial charge in [-0.25, -0.2) is 13.1 Å². The Hall–Kier alpha value is -1.60. The lowest BCUT2D eigenvalue weighted by atomic mass is 10.2. The molecule has 0 spiro atoms. The normalized spacial score (nSPS) is 11.2. The molecule has 1 aromatic carbocycles. The number of sulfonamides is 1. The van der Waals surface area contributed by atoms with Gasteiger partial charge in [-0.15, -0.1) is 0 Å². The first-order valence-corrected chi connectivity index (χ1v) is 7.41. The van der Waals surface area contributed by atoms with Gasteiger partial charge in [0.2, 0.25) is 10.0 Å². The van der Waals surface area contributed by atoms with Gasteiger partial charge in [0.05, 0.1) is 12.9 Å². The molecular weight excluding hydrogens is 270 g/mol. The second-order valence-corrected chi connectivity index (χ2v) is 5.87. The Morgan fingerprint density at radius 2 is 2.05 bits per heavy atom. The van der Waals surface area contributed by atoms with E-state index in [1.807, 2.05) is 0 Å². The molecule has 0 atom stereocenters. The minimum atomic E-state index is -3.47. The van der Waals surface area contributed by atoms with Crippen molar-refractivity contribution in [1.82, 2.24) is 4.72 Å². The first-order valence-electron chi connectivity index (χ1n) is 5.75. The third-order valence-electron chi connectivity index (χ3n) is 2.50. The Morgan fingerprint density at radius 1 is 1.37 bits per heavy atom. The fourth-order valence-electron chi connectivity index (χ4n) is 1.43. The molecule has 19 heavy (non-hydrogen) atoms. The van der Waals surface area contributed by atoms with Crippen molar-refractivity contribution in [2.45, 2.75) is 19.4 Å². The molecule has 1 aromatic rings. The Labute approximate surface area is 112 Å². The molecule has 0 heterocycles. The van der Waals surface area contributed by atoms with Crippen LogP contribution in [-0.4, -0.2) is 32.4 Å². The monoisotopic (exact) mass is 287 g/mol. The van der Waals surface area contributed by atoms with E-state index in [9.17, 15) is 18.3 Å². The number of carbonyl (C=O) groups excluding carboxylic acids is 1. The molecule has 7 heteroatoms. The molecule has 6 nitrogen and oxygen atoms in total. The molecule has 0 fully saturated rings. The number of aromatic hydroxyl groups is 1. The minimum absolute atomic E-state index is 0.0211. The highest BCUT2D eigenvalue weighted by Crippen LogP contribution is 2.15. The summed E-state index contributed by atoms with van der Waals surface area (Å²) in [5.74, 6) is -0.550. The molecule has 0 saturated heterocycles. The van der Waals surface area contributed by atoms with Crippen molar-refractivity contribution < 1.29 is 23.1 Å². The lowest BCUT2D eigenvalue weighted by Gasteiger charge is -2.07. The van der Waals surface area contributed by atoms with Gasteiger partial charge in [0.1, 0.15) is 5.75 Å². The summed E-state index contributed by atoms with van der Waals surface area (Å²) in [6.45, 7) is 0.0211. The fraction of sp³-hybridized carbons (Fsp3) is 0.417. The minimum Gasteiger partial charge on any atom is -0.508 e. The highest BCUT2D eigenvalue weighted by Gasteiger charge is 2.12. The lowest BCUT2D eigenvalue weighted by molar-refractivity contribution is -0.140. The predicted molar refractivity (Wildman–Crippen MR) is 70.0 cm³/mol. The maximum Gasteiger partial charge on any atom is 0.305 e. The highest BCUT2D eigenvalue weighted by atomic mass is 32.2. The molecule has 0 aromatic heterocycles. The molecular formula is C12H17NO5S. The van der Waals surface area contributed by atoms with Gasteiger partial charge in [-0.2, -0.15) is 0 Å². The van der Waals surface area contributed by atoms with Crippen molar-refractivity contribution in [2.24, 2.45) is 0 Å². The largest absolute Gasteiger partial charge is 0.508 e. The second kappa shape index (κ2) is 7.10. The van der Waals surface area contributed by atoms with Crippen molar-refractivity contribution in [3.63, 3.8) is 0 Å². The number of carbonyl (C=O) groups is 1. The van der Waals surface area contributed by atoms with E-state index < -0.39 is 16.0 Å². The zero-order chi connectivity index (χ0) is 14.3. The van der Waals surface area contributed by atoms with E-state index >= 15 is 0 Å². The summed E-state index contributed by atoms with van der Waals surface area (Å²) in [5, 5.41) is 9.49. The smallest absolute Gasteiger partial charge is 0.305 e. The third kappa shape index (κ3) is 5.71. The Morgan fingerprint density at radius 3 is 2.68 bits per heavy atom. The van der Waals surface area contributed by atoms with Crippen LogP contribution in [-0.2, 0) is 26.1 Å². The number of hydrogen-bond acceptors (Lipinski definition) is 5. The van der Waals surface area contributed by atoms with Crippen LogP contribution in [0, 0.1) is 0 Å². The number of phenolic OH excluding ortho intramolecular Hbond substituents is 1. The quantitative estimate of drug-likeness (QED) is 0.722. The summed E-state index contributed by atoms with van der Waals surface area (Å²) in [6, 6.07) is 6.48. The van der Waals surface area contributed by atoms with E-state index in [0.29, 0.717) is 5.56 Å². The molecule has 0 radical (unpaired) electrons. The van der Waals surface area contributed by atoms with Gasteiger partial charge in [-0.3, -0.25) is 4.79 Å². The molecule has 106 valence electrons. The first-order chi connectivity index (χ1) is 8.94. The number of hydrogen-bond donors (Lipinski definition) is 2. The van der Waals surface area contributed by atoms with Crippen molar-refractivity contribution in [3.8, 4) is 5.75 Å². The maximum atomic E-state index is 11.6. The second-order valence-electron chi connectivity index (χ2n) is 3.95. The Kier molecular flexibility index (Phi) is 5.78. The number of ether oxygens (including phenoxy) is 1. The number of phenols is 1. The van der Waals surface area contributed by atoms with Gasteiger partial charge < -0.3 is 9.84 Å². The van der Waals surface area contributed by atoms with Crippen LogP contribution in [0.1, 0.15) is 18.4 Å². The van der Waals surface area contributed by atoms with Crippen LogP contribution in [0.3, 0.4) is 0 Å². The summed E-state index contributed by atoms with van der Waals surface area (Å²) in [6.07, 6.45) is 0.261. The number of esters is 1. The van der Waals surface area contributed by atoms with Crippen molar-refractivity contribution >= 4 is 16.0 Å². The summed E-state index contributed by atoms with van der Waals surface area (Å²) in [7, 11) is -2.21. The van der Waals surface area contributed by atoms with E-state index in [-0.39, 0.29) is 30.9 Å². The number of benzene rings is 1. The van der Waals surface area contributed by atoms with Gasteiger partial charge in [0.15, 0.2) is 0 Å². The summed E-state index contributed by atoms with van der Waals surface area (Å²) >= 11 is 0. The van der Waals surface area contributed by atoms with Crippen LogP contribution in [0.4, 0.5) is 0 Å². The summed E-state index contributed by atoms with van der Waals surface area (Å²) in [4.78, 5) is 10.9. The van der Waals surface area contributed by atoms with Crippen LogP contribution >= 0.6 is 0 Å². The SMILES string of the molecule is COC(=O)CCCS(=O)(=O)NCc1ccccc1O. The average Bonchev–Trinajstić information content (AvgIpc) is 2.37. The molecule has 2 N–H and O–H groups in total. The van der Waals surface area contributed by atoms with Crippen LogP contribution in [0.25, 0.3) is 0 Å². The van der Waals surface area contributed by atoms with Crippen LogP contribution in [0.2, 0.25) is 0 Å². The van der Waals surface area contributed by atoms with Crippen molar-refractivity contribution in [2.75, 3.05) is 12.9 Å². The van der Waals surface area contributed by atoms with E-state index in [2.05, 4.69) is 9.46 Å².